The second kappa shape index (κ2) is 15.1. The Kier molecular flexibility index (Phi) is 9.08. The number of ether oxygens (including phenoxy) is 3. The molecule has 0 aliphatic carbocycles. The third-order valence-electron chi connectivity index (χ3n) is 13.5. The maximum Gasteiger partial charge on any atom is 0.177 e. The number of rotatable bonds is 6. The van der Waals surface area contributed by atoms with Crippen molar-refractivity contribution < 1.29 is 14.2 Å². The van der Waals surface area contributed by atoms with Crippen LogP contribution in [-0.4, -0.2) is 0 Å². The van der Waals surface area contributed by atoms with Gasteiger partial charge < -0.3 is 19.1 Å². The van der Waals surface area contributed by atoms with Gasteiger partial charge >= 0.3 is 0 Å². The Morgan fingerprint density at radius 3 is 1.42 bits per heavy atom. The number of benzene rings is 9. The average molecular weight is 860 g/mol. The first kappa shape index (κ1) is 39.1. The molecule has 0 saturated carbocycles. The molecule has 9 aromatic rings. The molecular formula is C60H45NO3S. The van der Waals surface area contributed by atoms with Crippen LogP contribution in [0.2, 0.25) is 0 Å². The SMILES string of the molecule is CC1(C)c2ccccc2Oc2c(-c3ccc(N(c4ccc(-c5cccc6c5Oc5ccccc5O6)cc4)c4ccc(-c5cccc6c5Sc5ccccc5C6(C)C)cc4)cc3)cccc21. The van der Waals surface area contributed by atoms with Crippen molar-refractivity contribution >= 4 is 28.8 Å². The van der Waals surface area contributed by atoms with E-state index in [0.29, 0.717) is 23.0 Å². The Morgan fingerprint density at radius 2 is 0.769 bits per heavy atom. The van der Waals surface area contributed by atoms with Crippen LogP contribution >= 0.6 is 11.8 Å². The highest BCUT2D eigenvalue weighted by Gasteiger charge is 2.36. The van der Waals surface area contributed by atoms with Crippen LogP contribution < -0.4 is 19.1 Å². The van der Waals surface area contributed by atoms with Crippen molar-refractivity contribution in [3.63, 3.8) is 0 Å². The fourth-order valence-corrected chi connectivity index (χ4v) is 11.5. The molecule has 0 N–H and O–H groups in total. The zero-order valence-corrected chi connectivity index (χ0v) is 37.4. The molecule has 5 heteroatoms. The molecule has 4 nitrogen and oxygen atoms in total. The molecular weight excluding hydrogens is 815 g/mol. The lowest BCUT2D eigenvalue weighted by Gasteiger charge is -2.35. The molecule has 0 radical (unpaired) electrons. The predicted molar refractivity (Wildman–Crippen MR) is 265 cm³/mol. The van der Waals surface area contributed by atoms with Crippen LogP contribution in [0.5, 0.6) is 34.5 Å². The first-order chi connectivity index (χ1) is 31.7. The van der Waals surface area contributed by atoms with Crippen LogP contribution in [-0.2, 0) is 10.8 Å². The second-order valence-electron chi connectivity index (χ2n) is 18.1. The summed E-state index contributed by atoms with van der Waals surface area (Å²) in [5.41, 5.74) is 14.6. The molecule has 0 saturated heterocycles. The fraction of sp³-hybridized carbons (Fsp3) is 0.100. The third kappa shape index (κ3) is 6.44. The minimum atomic E-state index is -0.198. The standard InChI is InChI=1S/C60H45NO3S/c1-59(2)47-17-5-7-21-51(47)63-56-44(14-11-19-49(56)59)38-26-32-41(33-27-38)61(42-34-28-39(29-35-42)45-15-13-24-54-57(45)64-53-23-9-8-22-52(53)62-54)43-36-30-40(31-37-43)46-16-12-20-50-58(46)65-55-25-10-6-18-48(55)60(50,3)4/h5-37H,1-4H3. The summed E-state index contributed by atoms with van der Waals surface area (Å²) in [7, 11) is 0. The largest absolute Gasteiger partial charge is 0.456 e. The van der Waals surface area contributed by atoms with E-state index in [4.69, 9.17) is 14.2 Å². The van der Waals surface area contributed by atoms with Gasteiger partial charge in [0.15, 0.2) is 23.0 Å². The summed E-state index contributed by atoms with van der Waals surface area (Å²) in [6, 6.07) is 71.0. The van der Waals surface area contributed by atoms with Crippen molar-refractivity contribution in [3.05, 3.63) is 222 Å². The van der Waals surface area contributed by atoms with Crippen molar-refractivity contribution in [1.82, 2.24) is 0 Å². The number of nitrogens with zero attached hydrogens (tertiary/aromatic N) is 1. The predicted octanol–water partition coefficient (Wildman–Crippen LogP) is 17.3. The van der Waals surface area contributed by atoms with Gasteiger partial charge in [0.05, 0.1) is 0 Å². The molecule has 3 heterocycles. The van der Waals surface area contributed by atoms with Gasteiger partial charge in [0, 0.05) is 59.9 Å². The molecule has 0 spiro atoms. The average Bonchev–Trinajstić information content (AvgIpc) is 3.34. The Balaban J connectivity index is 0.927. The molecule has 65 heavy (non-hydrogen) atoms. The Hall–Kier alpha value is -7.47. The minimum absolute atomic E-state index is 0.100. The highest BCUT2D eigenvalue weighted by molar-refractivity contribution is 7.99. The Bertz CT molecular complexity index is 3160. The van der Waals surface area contributed by atoms with Crippen molar-refractivity contribution in [2.24, 2.45) is 0 Å². The topological polar surface area (TPSA) is 30.9 Å². The fourth-order valence-electron chi connectivity index (χ4n) is 9.98. The second-order valence-corrected chi connectivity index (χ2v) is 19.1. The van der Waals surface area contributed by atoms with E-state index < -0.39 is 0 Å². The van der Waals surface area contributed by atoms with E-state index in [9.17, 15) is 0 Å². The molecule has 314 valence electrons. The van der Waals surface area contributed by atoms with E-state index in [-0.39, 0.29) is 10.8 Å². The molecule has 0 unspecified atom stereocenters. The van der Waals surface area contributed by atoms with E-state index in [1.165, 1.54) is 43.2 Å². The van der Waals surface area contributed by atoms with Gasteiger partial charge in [-0.15, -0.1) is 0 Å². The quantitative estimate of drug-likeness (QED) is 0.166. The van der Waals surface area contributed by atoms with Gasteiger partial charge in [-0.3, -0.25) is 0 Å². The maximum atomic E-state index is 6.70. The zero-order chi connectivity index (χ0) is 43.9. The van der Waals surface area contributed by atoms with Crippen molar-refractivity contribution in [2.75, 3.05) is 4.90 Å². The first-order valence-corrected chi connectivity index (χ1v) is 23.0. The number of fused-ring (bicyclic) bond motifs is 6. The monoisotopic (exact) mass is 859 g/mol. The molecule has 12 rings (SSSR count). The van der Waals surface area contributed by atoms with E-state index in [1.54, 1.807) is 0 Å². The van der Waals surface area contributed by atoms with Crippen molar-refractivity contribution in [1.29, 1.82) is 0 Å². The first-order valence-electron chi connectivity index (χ1n) is 22.2. The van der Waals surface area contributed by atoms with Crippen molar-refractivity contribution in [3.8, 4) is 67.9 Å². The van der Waals surface area contributed by atoms with Crippen LogP contribution in [0.1, 0.15) is 49.9 Å². The molecule has 0 aromatic heterocycles. The van der Waals surface area contributed by atoms with Crippen LogP contribution in [0.4, 0.5) is 17.1 Å². The lowest BCUT2D eigenvalue weighted by atomic mass is 9.75. The zero-order valence-electron chi connectivity index (χ0n) is 36.6. The summed E-state index contributed by atoms with van der Waals surface area (Å²) >= 11 is 1.88. The summed E-state index contributed by atoms with van der Waals surface area (Å²) in [6.45, 7) is 9.26. The van der Waals surface area contributed by atoms with Gasteiger partial charge in [0.25, 0.3) is 0 Å². The molecule has 0 fully saturated rings. The lowest BCUT2D eigenvalue weighted by Crippen LogP contribution is -2.24. The molecule has 0 amide bonds. The van der Waals surface area contributed by atoms with Crippen LogP contribution in [0, 0.1) is 0 Å². The number of hydrogen-bond acceptors (Lipinski definition) is 5. The summed E-state index contributed by atoms with van der Waals surface area (Å²) in [6.07, 6.45) is 0. The number of anilines is 3. The van der Waals surface area contributed by atoms with Gasteiger partial charge in [-0.2, -0.15) is 0 Å². The number of hydrogen-bond donors (Lipinski definition) is 0. The van der Waals surface area contributed by atoms with E-state index in [0.717, 1.165) is 50.8 Å². The van der Waals surface area contributed by atoms with Gasteiger partial charge in [-0.1, -0.05) is 173 Å². The molecule has 9 aromatic carbocycles. The summed E-state index contributed by atoms with van der Waals surface area (Å²) < 4.78 is 19.4. The van der Waals surface area contributed by atoms with E-state index >= 15 is 0 Å². The highest BCUT2D eigenvalue weighted by Crippen LogP contribution is 2.54. The van der Waals surface area contributed by atoms with Crippen LogP contribution in [0.15, 0.2) is 210 Å². The van der Waals surface area contributed by atoms with E-state index in [2.05, 4.69) is 190 Å². The van der Waals surface area contributed by atoms with Crippen LogP contribution in [0.3, 0.4) is 0 Å². The summed E-state index contributed by atoms with van der Waals surface area (Å²) in [4.78, 5) is 4.98. The minimum Gasteiger partial charge on any atom is -0.456 e. The van der Waals surface area contributed by atoms with Crippen molar-refractivity contribution in [2.45, 2.75) is 48.3 Å². The Labute approximate surface area is 384 Å². The van der Waals surface area contributed by atoms with Gasteiger partial charge in [0.1, 0.15) is 11.5 Å². The molecule has 0 atom stereocenters. The molecule has 3 aliphatic rings. The third-order valence-corrected chi connectivity index (χ3v) is 14.7. The van der Waals surface area contributed by atoms with Crippen LogP contribution in [0.25, 0.3) is 33.4 Å². The van der Waals surface area contributed by atoms with Gasteiger partial charge in [-0.05, 0) is 100 Å². The van der Waals surface area contributed by atoms with Gasteiger partial charge in [0.2, 0.25) is 0 Å². The molecule has 3 aliphatic heterocycles. The molecule has 0 bridgehead atoms. The lowest BCUT2D eigenvalue weighted by molar-refractivity contribution is 0.361. The Morgan fingerprint density at radius 1 is 0.338 bits per heavy atom. The van der Waals surface area contributed by atoms with E-state index in [1.807, 2.05) is 54.2 Å². The normalized spacial score (nSPS) is 14.4. The maximum absolute atomic E-state index is 6.70. The number of para-hydroxylation sites is 5. The summed E-state index contributed by atoms with van der Waals surface area (Å²) in [5.74, 6) is 4.68. The highest BCUT2D eigenvalue weighted by atomic mass is 32.2. The smallest absolute Gasteiger partial charge is 0.177 e. The summed E-state index contributed by atoms with van der Waals surface area (Å²) in [5, 5.41) is 0. The van der Waals surface area contributed by atoms with Gasteiger partial charge in [-0.25, -0.2) is 0 Å².